The minimum absolute atomic E-state index is 0.729. The first-order chi connectivity index (χ1) is 23.8. The van der Waals surface area contributed by atoms with Gasteiger partial charge in [0.05, 0.1) is 0 Å². The largest absolute Gasteiger partial charge is 0.449 e. The Morgan fingerprint density at radius 2 is 0.792 bits per heavy atom. The molecule has 0 bridgehead atoms. The third-order valence-corrected chi connectivity index (χ3v) is 9.72. The molecule has 0 aliphatic carbocycles. The van der Waals surface area contributed by atoms with E-state index in [9.17, 15) is 0 Å². The Morgan fingerprint density at radius 1 is 0.292 bits per heavy atom. The van der Waals surface area contributed by atoms with E-state index in [2.05, 4.69) is 146 Å². The van der Waals surface area contributed by atoms with Gasteiger partial charge in [-0.3, -0.25) is 0 Å². The number of ether oxygens (including phenoxy) is 2. The summed E-state index contributed by atoms with van der Waals surface area (Å²) >= 11 is 0. The maximum Gasteiger partial charge on any atom is 0.177 e. The zero-order valence-corrected chi connectivity index (χ0v) is 26.0. The number of para-hydroxylation sites is 2. The topological polar surface area (TPSA) is 18.5 Å². The molecule has 0 radical (unpaired) electrons. The summed E-state index contributed by atoms with van der Waals surface area (Å²) in [6.45, 7) is 0. The van der Waals surface area contributed by atoms with Crippen molar-refractivity contribution < 1.29 is 9.47 Å². The molecule has 9 aromatic carbocycles. The minimum atomic E-state index is 0.729. The normalized spacial score (nSPS) is 12.1. The highest BCUT2D eigenvalue weighted by Gasteiger charge is 2.23. The highest BCUT2D eigenvalue weighted by atomic mass is 16.6. The summed E-state index contributed by atoms with van der Waals surface area (Å²) in [4.78, 5) is 0. The molecule has 1 aliphatic rings. The van der Waals surface area contributed by atoms with E-state index in [-0.39, 0.29) is 0 Å². The zero-order valence-electron chi connectivity index (χ0n) is 26.0. The van der Waals surface area contributed by atoms with Crippen LogP contribution in [0.5, 0.6) is 23.0 Å². The van der Waals surface area contributed by atoms with Gasteiger partial charge in [-0.25, -0.2) is 0 Å². The van der Waals surface area contributed by atoms with Crippen molar-refractivity contribution in [2.45, 2.75) is 0 Å². The molecule has 0 fully saturated rings. The minimum Gasteiger partial charge on any atom is -0.449 e. The molecule has 10 rings (SSSR count). The van der Waals surface area contributed by atoms with Gasteiger partial charge in [0.1, 0.15) is 0 Å². The van der Waals surface area contributed by atoms with Gasteiger partial charge in [0.15, 0.2) is 23.0 Å². The van der Waals surface area contributed by atoms with Gasteiger partial charge in [0.25, 0.3) is 0 Å². The molecule has 0 unspecified atom stereocenters. The van der Waals surface area contributed by atoms with Crippen LogP contribution < -0.4 is 9.47 Å². The van der Waals surface area contributed by atoms with Crippen LogP contribution in [0.2, 0.25) is 0 Å². The summed E-state index contributed by atoms with van der Waals surface area (Å²) in [7, 11) is 0. The van der Waals surface area contributed by atoms with Crippen molar-refractivity contribution in [2.75, 3.05) is 0 Å². The van der Waals surface area contributed by atoms with Crippen molar-refractivity contribution in [3.8, 4) is 56.4 Å². The summed E-state index contributed by atoms with van der Waals surface area (Å²) in [5.74, 6) is 2.95. The number of hydrogen-bond acceptors (Lipinski definition) is 2. The lowest BCUT2D eigenvalue weighted by molar-refractivity contribution is 0.363. The second-order valence-corrected chi connectivity index (χ2v) is 12.4. The molecule has 1 aliphatic heterocycles. The van der Waals surface area contributed by atoms with Crippen molar-refractivity contribution in [1.29, 1.82) is 0 Å². The van der Waals surface area contributed by atoms with E-state index in [1.165, 1.54) is 54.6 Å². The molecule has 224 valence electrons. The van der Waals surface area contributed by atoms with Crippen LogP contribution in [0.3, 0.4) is 0 Å². The van der Waals surface area contributed by atoms with Gasteiger partial charge in [0.2, 0.25) is 0 Å². The fourth-order valence-electron chi connectivity index (χ4n) is 7.58. The Labute approximate surface area is 278 Å². The number of benzene rings is 9. The van der Waals surface area contributed by atoms with Crippen LogP contribution in [0, 0.1) is 0 Å². The van der Waals surface area contributed by atoms with Crippen LogP contribution in [0.4, 0.5) is 0 Å². The van der Waals surface area contributed by atoms with E-state index in [0.29, 0.717) is 0 Å². The van der Waals surface area contributed by atoms with Gasteiger partial charge in [0, 0.05) is 5.39 Å². The summed E-state index contributed by atoms with van der Waals surface area (Å²) in [5.41, 5.74) is 7.21. The average Bonchev–Trinajstić information content (AvgIpc) is 3.16. The van der Waals surface area contributed by atoms with Crippen molar-refractivity contribution >= 4 is 43.1 Å². The first-order valence-corrected chi connectivity index (χ1v) is 16.3. The summed E-state index contributed by atoms with van der Waals surface area (Å²) in [5, 5.41) is 9.67. The summed E-state index contributed by atoms with van der Waals surface area (Å²) in [6.07, 6.45) is 0. The van der Waals surface area contributed by atoms with E-state index >= 15 is 0 Å². The van der Waals surface area contributed by atoms with Crippen molar-refractivity contribution in [2.24, 2.45) is 0 Å². The lowest BCUT2D eigenvalue weighted by atomic mass is 9.84. The van der Waals surface area contributed by atoms with Gasteiger partial charge >= 0.3 is 0 Å². The highest BCUT2D eigenvalue weighted by molar-refractivity contribution is 6.23. The monoisotopic (exact) mass is 612 g/mol. The zero-order chi connectivity index (χ0) is 31.6. The SMILES string of the molecule is c1ccc2c(c1)Oc1cc(-c3ccc(-c4c5ccccc5c(-c5cccc6ccccc56)c5ccccc45)cc3)c3ccccc3c1O2. The lowest BCUT2D eigenvalue weighted by Gasteiger charge is -2.23. The highest BCUT2D eigenvalue weighted by Crippen LogP contribution is 2.51. The molecule has 0 saturated heterocycles. The van der Waals surface area contributed by atoms with Crippen molar-refractivity contribution in [3.63, 3.8) is 0 Å². The Hall–Kier alpha value is -6.38. The summed E-state index contributed by atoms with van der Waals surface area (Å²) in [6, 6.07) is 60.4. The van der Waals surface area contributed by atoms with E-state index in [1.54, 1.807) is 0 Å². The van der Waals surface area contributed by atoms with Crippen LogP contribution in [0.25, 0.3) is 76.5 Å². The Balaban J connectivity index is 1.16. The Bertz CT molecular complexity index is 2660. The molecule has 9 aromatic rings. The predicted molar refractivity (Wildman–Crippen MR) is 199 cm³/mol. The molecule has 0 spiro atoms. The molecule has 48 heavy (non-hydrogen) atoms. The van der Waals surface area contributed by atoms with Crippen LogP contribution in [0.1, 0.15) is 0 Å². The Morgan fingerprint density at radius 3 is 1.48 bits per heavy atom. The van der Waals surface area contributed by atoms with Gasteiger partial charge in [-0.15, -0.1) is 0 Å². The quantitative estimate of drug-likeness (QED) is 0.185. The molecule has 0 aromatic heterocycles. The summed E-state index contributed by atoms with van der Waals surface area (Å²) < 4.78 is 12.8. The van der Waals surface area contributed by atoms with Crippen molar-refractivity contribution in [3.05, 3.63) is 170 Å². The predicted octanol–water partition coefficient (Wildman–Crippen LogP) is 13.2. The van der Waals surface area contributed by atoms with E-state index in [0.717, 1.165) is 44.9 Å². The van der Waals surface area contributed by atoms with Crippen LogP contribution in [-0.2, 0) is 0 Å². The van der Waals surface area contributed by atoms with Gasteiger partial charge in [-0.2, -0.15) is 0 Å². The molecule has 2 nitrogen and oxygen atoms in total. The maximum absolute atomic E-state index is 6.39. The number of hydrogen-bond donors (Lipinski definition) is 0. The molecule has 0 atom stereocenters. The molecule has 0 saturated carbocycles. The maximum atomic E-state index is 6.39. The van der Waals surface area contributed by atoms with Gasteiger partial charge in [-0.05, 0) is 89.3 Å². The van der Waals surface area contributed by atoms with E-state index in [4.69, 9.17) is 9.47 Å². The van der Waals surface area contributed by atoms with E-state index in [1.807, 2.05) is 24.3 Å². The standard InChI is InChI=1S/C46H28O2/c1-2-14-32-29(12-1)13-11-21-34(32)45-37-18-6-4-16-35(37)44(36-17-5-7-19-38(36)45)31-26-24-30(25-27-31)40-28-43-46(39-20-8-3-15-33(39)40)48-42-23-10-9-22-41(42)47-43/h1-28H. The fourth-order valence-corrected chi connectivity index (χ4v) is 7.58. The molecular weight excluding hydrogens is 585 g/mol. The molecule has 0 N–H and O–H groups in total. The van der Waals surface area contributed by atoms with Crippen LogP contribution in [0.15, 0.2) is 170 Å². The lowest BCUT2D eigenvalue weighted by Crippen LogP contribution is -2.00. The second-order valence-electron chi connectivity index (χ2n) is 12.4. The smallest absolute Gasteiger partial charge is 0.177 e. The van der Waals surface area contributed by atoms with Crippen LogP contribution >= 0.6 is 0 Å². The second kappa shape index (κ2) is 10.6. The van der Waals surface area contributed by atoms with Crippen LogP contribution in [-0.4, -0.2) is 0 Å². The molecule has 0 amide bonds. The first kappa shape index (κ1) is 26.8. The third kappa shape index (κ3) is 4.06. The molecule has 2 heteroatoms. The Kier molecular flexibility index (Phi) is 5.91. The average molecular weight is 613 g/mol. The number of rotatable bonds is 3. The van der Waals surface area contributed by atoms with Gasteiger partial charge < -0.3 is 9.47 Å². The fraction of sp³-hybridized carbons (Fsp3) is 0. The molecule has 1 heterocycles. The first-order valence-electron chi connectivity index (χ1n) is 16.3. The third-order valence-electron chi connectivity index (χ3n) is 9.72. The number of fused-ring (bicyclic) bond motifs is 7. The van der Waals surface area contributed by atoms with E-state index < -0.39 is 0 Å². The van der Waals surface area contributed by atoms with Crippen molar-refractivity contribution in [1.82, 2.24) is 0 Å². The van der Waals surface area contributed by atoms with Gasteiger partial charge in [-0.1, -0.05) is 152 Å². The molecular formula is C46H28O2.